The van der Waals surface area contributed by atoms with Crippen molar-refractivity contribution in [2.75, 3.05) is 5.75 Å². The van der Waals surface area contributed by atoms with Gasteiger partial charge in [-0.2, -0.15) is 5.10 Å². The Morgan fingerprint density at radius 2 is 2.24 bits per heavy atom. The summed E-state index contributed by atoms with van der Waals surface area (Å²) < 4.78 is 1.49. The Labute approximate surface area is 136 Å². The molecule has 0 radical (unpaired) electrons. The van der Waals surface area contributed by atoms with Gasteiger partial charge in [-0.1, -0.05) is 41.0 Å². The number of thioether (sulfide) groups is 1. The molecule has 1 atom stereocenters. The molecule has 0 saturated heterocycles. The summed E-state index contributed by atoms with van der Waals surface area (Å²) in [6, 6.07) is 4.86. The van der Waals surface area contributed by atoms with Gasteiger partial charge in [0.2, 0.25) is 0 Å². The van der Waals surface area contributed by atoms with Crippen LogP contribution in [0.5, 0.6) is 0 Å². The van der Waals surface area contributed by atoms with Crippen molar-refractivity contribution in [3.05, 3.63) is 46.5 Å². The molecular formula is C13H13Cl2N3O2S. The number of carbonyl (C=O) groups excluding carboxylic acids is 1. The molecule has 0 spiro atoms. The molecule has 1 unspecified atom stereocenters. The third-order valence-electron chi connectivity index (χ3n) is 2.84. The molecule has 112 valence electrons. The zero-order chi connectivity index (χ0) is 15.5. The minimum atomic E-state index is -1.36. The standard InChI is InChI=1S/C13H13Cl2N3O2S/c1-9(19)21-6-13(20,5-18-8-16-7-17-18)11-3-2-10(14)4-12(11)15/h2-4,7-8,20H,5-6H2,1H3. The zero-order valence-corrected chi connectivity index (χ0v) is 13.5. The van der Waals surface area contributed by atoms with E-state index in [0.717, 1.165) is 11.8 Å². The normalized spacial score (nSPS) is 13.9. The highest BCUT2D eigenvalue weighted by atomic mass is 35.5. The van der Waals surface area contributed by atoms with Gasteiger partial charge >= 0.3 is 0 Å². The lowest BCUT2D eigenvalue weighted by molar-refractivity contribution is -0.109. The van der Waals surface area contributed by atoms with Crippen molar-refractivity contribution >= 4 is 40.1 Å². The van der Waals surface area contributed by atoms with E-state index >= 15 is 0 Å². The molecule has 1 heterocycles. The van der Waals surface area contributed by atoms with Gasteiger partial charge in [-0.3, -0.25) is 4.79 Å². The molecule has 2 rings (SSSR count). The molecule has 0 aliphatic rings. The molecule has 21 heavy (non-hydrogen) atoms. The maximum atomic E-state index is 11.2. The maximum absolute atomic E-state index is 11.2. The van der Waals surface area contributed by atoms with Gasteiger partial charge < -0.3 is 5.11 Å². The number of rotatable bonds is 5. The zero-order valence-electron chi connectivity index (χ0n) is 11.2. The van der Waals surface area contributed by atoms with Crippen LogP contribution in [-0.4, -0.2) is 30.7 Å². The first kappa shape index (κ1) is 16.3. The molecule has 0 aliphatic heterocycles. The number of hydrogen-bond acceptors (Lipinski definition) is 5. The summed E-state index contributed by atoms with van der Waals surface area (Å²) in [5, 5.41) is 15.7. The van der Waals surface area contributed by atoms with Gasteiger partial charge in [0.25, 0.3) is 0 Å². The van der Waals surface area contributed by atoms with Crippen molar-refractivity contribution in [2.45, 2.75) is 19.1 Å². The van der Waals surface area contributed by atoms with Crippen LogP contribution < -0.4 is 0 Å². The van der Waals surface area contributed by atoms with Gasteiger partial charge in [-0.15, -0.1) is 0 Å². The highest BCUT2D eigenvalue weighted by Gasteiger charge is 2.33. The van der Waals surface area contributed by atoms with Gasteiger partial charge in [0.15, 0.2) is 5.12 Å². The fraction of sp³-hybridized carbons (Fsp3) is 0.308. The van der Waals surface area contributed by atoms with E-state index in [9.17, 15) is 9.90 Å². The molecule has 1 aromatic carbocycles. The fourth-order valence-corrected chi connectivity index (χ4v) is 3.15. The summed E-state index contributed by atoms with van der Waals surface area (Å²) in [5.74, 6) is 0.156. The van der Waals surface area contributed by atoms with Crippen LogP contribution in [0.2, 0.25) is 10.0 Å². The summed E-state index contributed by atoms with van der Waals surface area (Å²) in [6.45, 7) is 1.58. The molecule has 0 bridgehead atoms. The van der Waals surface area contributed by atoms with Crippen molar-refractivity contribution < 1.29 is 9.90 Å². The lowest BCUT2D eigenvalue weighted by Gasteiger charge is -2.28. The molecule has 0 aliphatic carbocycles. The summed E-state index contributed by atoms with van der Waals surface area (Å²) in [6.07, 6.45) is 2.87. The average Bonchev–Trinajstić information content (AvgIpc) is 2.89. The lowest BCUT2D eigenvalue weighted by atomic mass is 9.95. The van der Waals surface area contributed by atoms with E-state index in [0.29, 0.717) is 15.6 Å². The maximum Gasteiger partial charge on any atom is 0.185 e. The van der Waals surface area contributed by atoms with Crippen LogP contribution in [0.3, 0.4) is 0 Å². The number of hydrogen-bond donors (Lipinski definition) is 1. The van der Waals surface area contributed by atoms with E-state index in [-0.39, 0.29) is 17.4 Å². The highest BCUT2D eigenvalue weighted by molar-refractivity contribution is 8.13. The van der Waals surface area contributed by atoms with Crippen LogP contribution in [-0.2, 0) is 16.9 Å². The van der Waals surface area contributed by atoms with E-state index < -0.39 is 5.60 Å². The van der Waals surface area contributed by atoms with Crippen LogP contribution >= 0.6 is 35.0 Å². The van der Waals surface area contributed by atoms with E-state index in [4.69, 9.17) is 23.2 Å². The largest absolute Gasteiger partial charge is 0.382 e. The van der Waals surface area contributed by atoms with Crippen LogP contribution in [0.4, 0.5) is 0 Å². The second-order valence-corrected chi connectivity index (χ2v) is 6.52. The topological polar surface area (TPSA) is 68.0 Å². The van der Waals surface area contributed by atoms with Crippen molar-refractivity contribution in [2.24, 2.45) is 0 Å². The van der Waals surface area contributed by atoms with Gasteiger partial charge in [0.1, 0.15) is 18.3 Å². The summed E-state index contributed by atoms with van der Waals surface area (Å²) in [4.78, 5) is 15.1. The number of halogens is 2. The fourth-order valence-electron chi connectivity index (χ4n) is 1.88. The van der Waals surface area contributed by atoms with Crippen molar-refractivity contribution in [1.82, 2.24) is 14.8 Å². The highest BCUT2D eigenvalue weighted by Crippen LogP contribution is 2.34. The van der Waals surface area contributed by atoms with Crippen LogP contribution in [0.1, 0.15) is 12.5 Å². The predicted molar refractivity (Wildman–Crippen MR) is 83.5 cm³/mol. The van der Waals surface area contributed by atoms with Crippen molar-refractivity contribution in [3.63, 3.8) is 0 Å². The summed E-state index contributed by atoms with van der Waals surface area (Å²) in [7, 11) is 0. The average molecular weight is 346 g/mol. The minimum absolute atomic E-state index is 0.0860. The number of nitrogens with zero attached hydrogens (tertiary/aromatic N) is 3. The molecule has 5 nitrogen and oxygen atoms in total. The monoisotopic (exact) mass is 345 g/mol. The summed E-state index contributed by atoms with van der Waals surface area (Å²) in [5.41, 5.74) is -0.857. The van der Waals surface area contributed by atoms with Crippen molar-refractivity contribution in [1.29, 1.82) is 0 Å². The predicted octanol–water partition coefficient (Wildman–Crippen LogP) is 2.75. The van der Waals surface area contributed by atoms with Crippen molar-refractivity contribution in [3.8, 4) is 0 Å². The van der Waals surface area contributed by atoms with Crippen LogP contribution in [0.15, 0.2) is 30.9 Å². The van der Waals surface area contributed by atoms with E-state index in [2.05, 4.69) is 10.1 Å². The Hall–Kier alpha value is -1.08. The number of aliphatic hydroxyl groups is 1. The van der Waals surface area contributed by atoms with Gasteiger partial charge in [0.05, 0.1) is 6.54 Å². The molecule has 1 N–H and O–H groups in total. The second kappa shape index (κ2) is 6.79. The van der Waals surface area contributed by atoms with Gasteiger partial charge in [-0.25, -0.2) is 9.67 Å². The number of aromatic nitrogens is 3. The quantitative estimate of drug-likeness (QED) is 0.902. The number of benzene rings is 1. The van der Waals surface area contributed by atoms with Gasteiger partial charge in [-0.05, 0) is 12.1 Å². The first-order valence-electron chi connectivity index (χ1n) is 6.04. The Bertz CT molecular complexity index is 636. The van der Waals surface area contributed by atoms with E-state index in [1.165, 1.54) is 24.3 Å². The molecule has 0 amide bonds. The molecule has 0 fully saturated rings. The molecule has 2 aromatic rings. The lowest BCUT2D eigenvalue weighted by Crippen LogP contribution is -2.35. The third kappa shape index (κ3) is 4.20. The Morgan fingerprint density at radius 1 is 1.48 bits per heavy atom. The van der Waals surface area contributed by atoms with E-state index in [1.807, 2.05) is 0 Å². The second-order valence-electron chi connectivity index (χ2n) is 4.53. The van der Waals surface area contributed by atoms with Crippen LogP contribution in [0.25, 0.3) is 0 Å². The molecule has 0 saturated carbocycles. The Kier molecular flexibility index (Phi) is 5.27. The Morgan fingerprint density at radius 3 is 2.81 bits per heavy atom. The first-order valence-corrected chi connectivity index (χ1v) is 7.78. The van der Waals surface area contributed by atoms with Gasteiger partial charge in [0, 0.05) is 28.3 Å². The first-order chi connectivity index (χ1) is 9.90. The SMILES string of the molecule is CC(=O)SCC(O)(Cn1cncn1)c1ccc(Cl)cc1Cl. The number of carbonyl (C=O) groups is 1. The third-order valence-corrected chi connectivity index (χ3v) is 4.41. The van der Waals surface area contributed by atoms with Crippen LogP contribution in [0, 0.1) is 0 Å². The van der Waals surface area contributed by atoms with E-state index in [1.54, 1.807) is 18.2 Å². The minimum Gasteiger partial charge on any atom is -0.382 e. The molecular weight excluding hydrogens is 333 g/mol. The molecule has 8 heteroatoms. The smallest absolute Gasteiger partial charge is 0.185 e. The Balaban J connectivity index is 2.36. The summed E-state index contributed by atoms with van der Waals surface area (Å²) >= 11 is 13.1. The molecule has 1 aromatic heterocycles.